The van der Waals surface area contributed by atoms with Crippen molar-refractivity contribution in [2.45, 2.75) is 76.7 Å². The first-order valence-corrected chi connectivity index (χ1v) is 13.5. The van der Waals surface area contributed by atoms with Crippen molar-refractivity contribution in [1.29, 1.82) is 0 Å². The zero-order valence-electron chi connectivity index (χ0n) is 22.6. The summed E-state index contributed by atoms with van der Waals surface area (Å²) in [6.45, 7) is 4.92. The smallest absolute Gasteiger partial charge is 0.335 e. The van der Waals surface area contributed by atoms with Crippen molar-refractivity contribution < 1.29 is 28.8 Å². The monoisotopic (exact) mass is 533 g/mol. The van der Waals surface area contributed by atoms with E-state index in [2.05, 4.69) is 13.8 Å². The molecule has 7 heteroatoms. The van der Waals surface area contributed by atoms with Gasteiger partial charge in [-0.15, -0.1) is 0 Å². The van der Waals surface area contributed by atoms with Gasteiger partial charge in [0.2, 0.25) is 0 Å². The molecule has 39 heavy (non-hydrogen) atoms. The van der Waals surface area contributed by atoms with Crippen LogP contribution in [0.5, 0.6) is 0 Å². The van der Waals surface area contributed by atoms with E-state index in [4.69, 9.17) is 24.7 Å². The molecule has 0 radical (unpaired) electrons. The molecule has 1 heterocycles. The van der Waals surface area contributed by atoms with Gasteiger partial charge in [0.1, 0.15) is 24.4 Å². The van der Waals surface area contributed by atoms with Crippen LogP contribution in [-0.4, -0.2) is 47.6 Å². The summed E-state index contributed by atoms with van der Waals surface area (Å²) in [4.78, 5) is 12.5. The normalized spacial score (nSPS) is 23.9. The molecule has 0 saturated carbocycles. The molecular formula is C32H39NO6. The van der Waals surface area contributed by atoms with Crippen LogP contribution in [0.15, 0.2) is 91.0 Å². The molecule has 3 N–H and O–H groups in total. The lowest BCUT2D eigenvalue weighted by molar-refractivity contribution is -0.268. The Hall–Kier alpha value is -3.07. The van der Waals surface area contributed by atoms with Gasteiger partial charge in [-0.1, -0.05) is 105 Å². The number of hydrogen-bond acceptors (Lipinski definition) is 6. The van der Waals surface area contributed by atoms with Crippen molar-refractivity contribution in [1.82, 2.24) is 0 Å². The van der Waals surface area contributed by atoms with Gasteiger partial charge in [0.25, 0.3) is 0 Å². The van der Waals surface area contributed by atoms with E-state index in [0.29, 0.717) is 13.0 Å². The number of carboxylic acid groups (broad SMARTS) is 1. The first-order valence-electron chi connectivity index (χ1n) is 13.5. The summed E-state index contributed by atoms with van der Waals surface area (Å²) < 4.78 is 25.5. The van der Waals surface area contributed by atoms with Crippen molar-refractivity contribution in [2.75, 3.05) is 0 Å². The van der Waals surface area contributed by atoms with Gasteiger partial charge in [-0.25, -0.2) is 4.79 Å². The van der Waals surface area contributed by atoms with Crippen LogP contribution >= 0.6 is 0 Å². The predicted octanol–water partition coefficient (Wildman–Crippen LogP) is 4.97. The fourth-order valence-electron chi connectivity index (χ4n) is 4.95. The fraction of sp³-hybridized carbons (Fsp3) is 0.406. The molecule has 1 saturated heterocycles. The molecule has 6 atom stereocenters. The third-order valence-electron chi connectivity index (χ3n) is 6.84. The van der Waals surface area contributed by atoms with E-state index in [-0.39, 0.29) is 19.1 Å². The van der Waals surface area contributed by atoms with E-state index in [1.54, 1.807) is 0 Å². The maximum atomic E-state index is 12.5. The highest BCUT2D eigenvalue weighted by Gasteiger charge is 2.52. The second-order valence-electron chi connectivity index (χ2n) is 10.4. The summed E-state index contributed by atoms with van der Waals surface area (Å²) in [7, 11) is 0. The molecule has 7 nitrogen and oxygen atoms in total. The average molecular weight is 534 g/mol. The van der Waals surface area contributed by atoms with Crippen LogP contribution in [-0.2, 0) is 43.6 Å². The Bertz CT molecular complexity index is 1130. The zero-order valence-corrected chi connectivity index (χ0v) is 22.6. The Labute approximate surface area is 230 Å². The van der Waals surface area contributed by atoms with Crippen molar-refractivity contribution in [2.24, 2.45) is 11.7 Å². The van der Waals surface area contributed by atoms with Crippen LogP contribution < -0.4 is 5.73 Å². The lowest BCUT2D eigenvalue weighted by Gasteiger charge is -2.46. The zero-order chi connectivity index (χ0) is 27.6. The third-order valence-corrected chi connectivity index (χ3v) is 6.84. The predicted molar refractivity (Wildman–Crippen MR) is 149 cm³/mol. The summed E-state index contributed by atoms with van der Waals surface area (Å²) in [6.07, 6.45) is -3.64. The maximum absolute atomic E-state index is 12.5. The van der Waals surface area contributed by atoms with Crippen molar-refractivity contribution in [3.8, 4) is 0 Å². The van der Waals surface area contributed by atoms with Gasteiger partial charge in [-0.2, -0.15) is 0 Å². The van der Waals surface area contributed by atoms with E-state index in [0.717, 1.165) is 16.7 Å². The minimum atomic E-state index is -1.27. The second-order valence-corrected chi connectivity index (χ2v) is 10.4. The van der Waals surface area contributed by atoms with E-state index < -0.39 is 42.5 Å². The Balaban J connectivity index is 1.67. The lowest BCUT2D eigenvalue weighted by Crippen LogP contribution is -2.65. The average Bonchev–Trinajstić information content (AvgIpc) is 2.94. The summed E-state index contributed by atoms with van der Waals surface area (Å²) >= 11 is 0. The first-order chi connectivity index (χ1) is 18.9. The molecule has 0 spiro atoms. The summed E-state index contributed by atoms with van der Waals surface area (Å²) in [5.41, 5.74) is 9.52. The minimum absolute atomic E-state index is 0.206. The first kappa shape index (κ1) is 28.9. The van der Waals surface area contributed by atoms with Gasteiger partial charge in [-0.05, 0) is 29.0 Å². The molecule has 0 bridgehead atoms. The fourth-order valence-corrected chi connectivity index (χ4v) is 4.95. The summed E-state index contributed by atoms with van der Waals surface area (Å²) in [5, 5.41) is 10.2. The molecule has 0 aromatic heterocycles. The highest BCUT2D eigenvalue weighted by Crippen LogP contribution is 2.33. The number of rotatable bonds is 13. The molecule has 3 aromatic carbocycles. The van der Waals surface area contributed by atoms with Crippen LogP contribution in [0.2, 0.25) is 0 Å². The molecule has 1 aliphatic heterocycles. The van der Waals surface area contributed by atoms with E-state index >= 15 is 0 Å². The molecule has 1 fully saturated rings. The standard InChI is InChI=1S/C32H39NO6/c1-22(2)18-26(33)27-28(36-19-23-12-6-3-7-13-23)29(37-20-24-14-8-4-9-15-24)30(31(39-27)32(34)35)38-21-25-16-10-5-11-17-25/h3-17,22,26-31H,18-21,33H2,1-2H3,(H,34,35)/t26-,27-,28-,29+,30-,31-/m0/s1. The Morgan fingerprint density at radius 2 is 1.15 bits per heavy atom. The number of benzene rings is 3. The molecule has 0 aliphatic carbocycles. The van der Waals surface area contributed by atoms with Crippen LogP contribution in [0.1, 0.15) is 37.0 Å². The lowest BCUT2D eigenvalue weighted by atomic mass is 9.87. The van der Waals surface area contributed by atoms with Crippen LogP contribution in [0.4, 0.5) is 0 Å². The van der Waals surface area contributed by atoms with Gasteiger partial charge in [0.05, 0.1) is 19.8 Å². The number of carboxylic acids is 1. The number of hydrogen-bond donors (Lipinski definition) is 2. The molecule has 208 valence electrons. The van der Waals surface area contributed by atoms with Crippen molar-refractivity contribution >= 4 is 5.97 Å². The largest absolute Gasteiger partial charge is 0.479 e. The van der Waals surface area contributed by atoms with Crippen molar-refractivity contribution in [3.63, 3.8) is 0 Å². The second kappa shape index (κ2) is 14.4. The summed E-state index contributed by atoms with van der Waals surface area (Å²) in [5.74, 6) is -0.831. The van der Waals surface area contributed by atoms with E-state index in [9.17, 15) is 9.90 Å². The van der Waals surface area contributed by atoms with Crippen LogP contribution in [0, 0.1) is 5.92 Å². The number of nitrogens with two attached hydrogens (primary N) is 1. The highest BCUT2D eigenvalue weighted by molar-refractivity contribution is 5.73. The SMILES string of the molecule is CC(C)C[C@H](N)[C@@H]1O[C@H](C(=O)O)[C@@H](OCc2ccccc2)[C@H](OCc2ccccc2)[C@H]1OCc1ccccc1. The van der Waals surface area contributed by atoms with Gasteiger partial charge < -0.3 is 29.8 Å². The van der Waals surface area contributed by atoms with E-state index in [1.807, 2.05) is 91.0 Å². The minimum Gasteiger partial charge on any atom is -0.479 e. The Morgan fingerprint density at radius 1 is 0.744 bits per heavy atom. The quantitative estimate of drug-likeness (QED) is 0.320. The maximum Gasteiger partial charge on any atom is 0.335 e. The van der Waals surface area contributed by atoms with Crippen LogP contribution in [0.3, 0.4) is 0 Å². The van der Waals surface area contributed by atoms with E-state index in [1.165, 1.54) is 0 Å². The van der Waals surface area contributed by atoms with Gasteiger partial charge in [0.15, 0.2) is 6.10 Å². The number of carbonyl (C=O) groups is 1. The number of ether oxygens (including phenoxy) is 4. The molecule has 1 aliphatic rings. The molecule has 0 unspecified atom stereocenters. The third kappa shape index (κ3) is 8.21. The Kier molecular flexibility index (Phi) is 10.6. The van der Waals surface area contributed by atoms with Crippen molar-refractivity contribution in [3.05, 3.63) is 108 Å². The molecule has 3 aromatic rings. The number of aliphatic carboxylic acids is 1. The molecule has 0 amide bonds. The Morgan fingerprint density at radius 3 is 1.56 bits per heavy atom. The summed E-state index contributed by atoms with van der Waals surface area (Å²) in [6, 6.07) is 28.8. The molecular weight excluding hydrogens is 494 g/mol. The van der Waals surface area contributed by atoms with Gasteiger partial charge in [-0.3, -0.25) is 0 Å². The van der Waals surface area contributed by atoms with Crippen LogP contribution in [0.25, 0.3) is 0 Å². The molecule has 4 rings (SSSR count). The van der Waals surface area contributed by atoms with Gasteiger partial charge >= 0.3 is 5.97 Å². The highest BCUT2D eigenvalue weighted by atomic mass is 16.6. The van der Waals surface area contributed by atoms with Gasteiger partial charge in [0, 0.05) is 6.04 Å². The topological polar surface area (TPSA) is 100 Å².